The van der Waals surface area contributed by atoms with Crippen LogP contribution in [0.15, 0.2) is 0 Å². The minimum atomic E-state index is -0.346. The summed E-state index contributed by atoms with van der Waals surface area (Å²) in [5, 5.41) is 3.39. The molecule has 1 saturated heterocycles. The molecule has 0 bridgehead atoms. The van der Waals surface area contributed by atoms with Gasteiger partial charge < -0.3 is 15.1 Å². The maximum atomic E-state index is 12.4. The van der Waals surface area contributed by atoms with Gasteiger partial charge in [-0.3, -0.25) is 9.59 Å². The molecule has 0 aromatic rings. The summed E-state index contributed by atoms with van der Waals surface area (Å²) in [7, 11) is 1.78. The summed E-state index contributed by atoms with van der Waals surface area (Å²) in [5.41, 5.74) is 0. The fourth-order valence-electron chi connectivity index (χ4n) is 2.58. The second-order valence-corrected chi connectivity index (χ2v) is 5.70. The smallest absolute Gasteiger partial charge is 0.244 e. The van der Waals surface area contributed by atoms with Gasteiger partial charge in [-0.1, -0.05) is 0 Å². The van der Waals surface area contributed by atoms with Gasteiger partial charge in [-0.25, -0.2) is 0 Å². The van der Waals surface area contributed by atoms with E-state index in [9.17, 15) is 9.59 Å². The van der Waals surface area contributed by atoms with Crippen LogP contribution in [0.25, 0.3) is 0 Å². The fourth-order valence-corrected chi connectivity index (χ4v) is 2.58. The number of rotatable bonds is 5. The predicted molar refractivity (Wildman–Crippen MR) is 73.7 cm³/mol. The molecular formula is C14H25N3O2. The molecule has 5 heteroatoms. The minimum absolute atomic E-state index is 0.0305. The SMILES string of the molecule is CCN(C)C(=O)C(C)N1CCCC(NC2CC2)C1=O. The first-order chi connectivity index (χ1) is 9.04. The van der Waals surface area contributed by atoms with Gasteiger partial charge in [0.25, 0.3) is 0 Å². The number of carbonyl (C=O) groups excluding carboxylic acids is 2. The molecule has 19 heavy (non-hydrogen) atoms. The van der Waals surface area contributed by atoms with Crippen molar-refractivity contribution in [2.75, 3.05) is 20.1 Å². The van der Waals surface area contributed by atoms with Crippen LogP contribution < -0.4 is 5.32 Å². The first kappa shape index (κ1) is 14.3. The highest BCUT2D eigenvalue weighted by molar-refractivity contribution is 5.90. The van der Waals surface area contributed by atoms with Crippen LogP contribution in [0.5, 0.6) is 0 Å². The number of likely N-dealkylation sites (N-methyl/N-ethyl adjacent to an activating group) is 1. The van der Waals surface area contributed by atoms with Gasteiger partial charge in [0.15, 0.2) is 0 Å². The van der Waals surface area contributed by atoms with E-state index in [0.29, 0.717) is 19.1 Å². The van der Waals surface area contributed by atoms with Crippen molar-refractivity contribution in [2.24, 2.45) is 0 Å². The van der Waals surface area contributed by atoms with E-state index in [4.69, 9.17) is 0 Å². The third-order valence-electron chi connectivity index (χ3n) is 4.16. The molecule has 1 heterocycles. The summed E-state index contributed by atoms with van der Waals surface area (Å²) in [4.78, 5) is 28.0. The zero-order valence-electron chi connectivity index (χ0n) is 12.2. The molecule has 108 valence electrons. The van der Waals surface area contributed by atoms with Gasteiger partial charge >= 0.3 is 0 Å². The molecule has 2 amide bonds. The Balaban J connectivity index is 1.97. The third kappa shape index (κ3) is 3.26. The quantitative estimate of drug-likeness (QED) is 0.793. The van der Waals surface area contributed by atoms with E-state index in [-0.39, 0.29) is 23.9 Å². The average Bonchev–Trinajstić information content (AvgIpc) is 3.22. The van der Waals surface area contributed by atoms with Gasteiger partial charge in [0.1, 0.15) is 6.04 Å². The second-order valence-electron chi connectivity index (χ2n) is 5.70. The molecule has 1 aliphatic carbocycles. The third-order valence-corrected chi connectivity index (χ3v) is 4.16. The Morgan fingerprint density at radius 2 is 2.16 bits per heavy atom. The normalized spacial score (nSPS) is 25.3. The lowest BCUT2D eigenvalue weighted by Crippen LogP contribution is -2.57. The largest absolute Gasteiger partial charge is 0.344 e. The second kappa shape index (κ2) is 5.90. The van der Waals surface area contributed by atoms with Gasteiger partial charge in [0.05, 0.1) is 6.04 Å². The van der Waals surface area contributed by atoms with Gasteiger partial charge in [0, 0.05) is 26.2 Å². The summed E-state index contributed by atoms with van der Waals surface area (Å²) in [6.07, 6.45) is 4.23. The van der Waals surface area contributed by atoms with Gasteiger partial charge in [0.2, 0.25) is 11.8 Å². The Morgan fingerprint density at radius 3 is 2.74 bits per heavy atom. The standard InChI is InChI=1S/C14H25N3O2/c1-4-16(3)13(18)10(2)17-9-5-6-12(14(17)19)15-11-7-8-11/h10-12,15H,4-9H2,1-3H3. The highest BCUT2D eigenvalue weighted by atomic mass is 16.2. The summed E-state index contributed by atoms with van der Waals surface area (Å²) in [6.45, 7) is 5.16. The summed E-state index contributed by atoms with van der Waals surface area (Å²) < 4.78 is 0. The topological polar surface area (TPSA) is 52.7 Å². The van der Waals surface area contributed by atoms with Crippen LogP contribution in [-0.4, -0.2) is 59.9 Å². The molecule has 2 aliphatic rings. The van der Waals surface area contributed by atoms with Crippen LogP contribution in [0.4, 0.5) is 0 Å². The number of amides is 2. The number of nitrogens with zero attached hydrogens (tertiary/aromatic N) is 2. The van der Waals surface area contributed by atoms with Crippen molar-refractivity contribution in [1.29, 1.82) is 0 Å². The number of hydrogen-bond acceptors (Lipinski definition) is 3. The fraction of sp³-hybridized carbons (Fsp3) is 0.857. The highest BCUT2D eigenvalue weighted by Crippen LogP contribution is 2.23. The highest BCUT2D eigenvalue weighted by Gasteiger charge is 2.37. The van der Waals surface area contributed by atoms with E-state index < -0.39 is 0 Å². The van der Waals surface area contributed by atoms with Crippen LogP contribution in [0.3, 0.4) is 0 Å². The van der Waals surface area contributed by atoms with Gasteiger partial charge in [-0.05, 0) is 39.5 Å². The molecule has 1 saturated carbocycles. The Kier molecular flexibility index (Phi) is 4.45. The monoisotopic (exact) mass is 267 g/mol. The van der Waals surface area contributed by atoms with Crippen LogP contribution in [0.1, 0.15) is 39.5 Å². The van der Waals surface area contributed by atoms with Crippen molar-refractivity contribution in [3.8, 4) is 0 Å². The Hall–Kier alpha value is -1.10. The van der Waals surface area contributed by atoms with Crippen molar-refractivity contribution in [2.45, 2.75) is 57.7 Å². The molecule has 0 aromatic carbocycles. The molecule has 1 N–H and O–H groups in total. The molecular weight excluding hydrogens is 242 g/mol. The Morgan fingerprint density at radius 1 is 1.47 bits per heavy atom. The maximum Gasteiger partial charge on any atom is 0.244 e. The van der Waals surface area contributed by atoms with Crippen molar-refractivity contribution in [3.05, 3.63) is 0 Å². The van der Waals surface area contributed by atoms with E-state index in [1.54, 1.807) is 16.8 Å². The van der Waals surface area contributed by atoms with Gasteiger partial charge in [-0.15, -0.1) is 0 Å². The van der Waals surface area contributed by atoms with Crippen molar-refractivity contribution in [3.63, 3.8) is 0 Å². The first-order valence-electron chi connectivity index (χ1n) is 7.36. The number of nitrogens with one attached hydrogen (secondary N) is 1. The van der Waals surface area contributed by atoms with E-state index in [1.807, 2.05) is 13.8 Å². The summed E-state index contributed by atoms with van der Waals surface area (Å²) >= 11 is 0. The van der Waals surface area contributed by atoms with Crippen molar-refractivity contribution in [1.82, 2.24) is 15.1 Å². The van der Waals surface area contributed by atoms with Crippen LogP contribution in [0.2, 0.25) is 0 Å². The zero-order valence-corrected chi connectivity index (χ0v) is 12.2. The van der Waals surface area contributed by atoms with E-state index >= 15 is 0 Å². The lowest BCUT2D eigenvalue weighted by Gasteiger charge is -2.37. The van der Waals surface area contributed by atoms with Crippen molar-refractivity contribution >= 4 is 11.8 Å². The first-order valence-corrected chi connectivity index (χ1v) is 7.36. The molecule has 2 fully saturated rings. The molecule has 2 atom stereocenters. The Bertz CT molecular complexity index is 355. The van der Waals surface area contributed by atoms with Crippen LogP contribution in [-0.2, 0) is 9.59 Å². The number of hydrogen-bond donors (Lipinski definition) is 1. The molecule has 0 radical (unpaired) electrons. The Labute approximate surface area is 115 Å². The molecule has 0 aromatic heterocycles. The lowest BCUT2D eigenvalue weighted by molar-refractivity contribution is -0.147. The van der Waals surface area contributed by atoms with E-state index in [0.717, 1.165) is 12.8 Å². The van der Waals surface area contributed by atoms with E-state index in [1.165, 1.54) is 12.8 Å². The lowest BCUT2D eigenvalue weighted by atomic mass is 10.0. The minimum Gasteiger partial charge on any atom is -0.344 e. The number of piperidine rings is 1. The van der Waals surface area contributed by atoms with Crippen molar-refractivity contribution < 1.29 is 9.59 Å². The molecule has 2 unspecified atom stereocenters. The molecule has 0 spiro atoms. The van der Waals surface area contributed by atoms with E-state index in [2.05, 4.69) is 5.32 Å². The molecule has 5 nitrogen and oxygen atoms in total. The molecule has 1 aliphatic heterocycles. The van der Waals surface area contributed by atoms with Crippen LogP contribution in [0, 0.1) is 0 Å². The average molecular weight is 267 g/mol. The summed E-state index contributed by atoms with van der Waals surface area (Å²) in [6, 6.07) is 0.0999. The van der Waals surface area contributed by atoms with Crippen LogP contribution >= 0.6 is 0 Å². The zero-order chi connectivity index (χ0) is 14.0. The molecule has 2 rings (SSSR count). The van der Waals surface area contributed by atoms with Gasteiger partial charge in [-0.2, -0.15) is 0 Å². The maximum absolute atomic E-state index is 12.4. The number of carbonyl (C=O) groups is 2. The predicted octanol–water partition coefficient (Wildman–Crippen LogP) is 0.596. The number of likely N-dealkylation sites (tertiary alicyclic amines) is 1. The summed E-state index contributed by atoms with van der Waals surface area (Å²) in [5.74, 6) is 0.131.